The van der Waals surface area contributed by atoms with Gasteiger partial charge in [0.15, 0.2) is 0 Å². The summed E-state index contributed by atoms with van der Waals surface area (Å²) >= 11 is 1.58. The number of nitrogens with one attached hydrogen (secondary N) is 1. The highest BCUT2D eigenvalue weighted by Crippen LogP contribution is 2.20. The number of hydrogen-bond donors (Lipinski definition) is 1. The first kappa shape index (κ1) is 16.6. The minimum Gasteiger partial charge on any atom is -0.361 e. The molecule has 1 heterocycles. The summed E-state index contributed by atoms with van der Waals surface area (Å²) in [6.07, 6.45) is 0. The van der Waals surface area contributed by atoms with E-state index in [1.54, 1.807) is 11.8 Å². The third kappa shape index (κ3) is 4.13. The number of thioether (sulfide) groups is 1. The van der Waals surface area contributed by atoms with Gasteiger partial charge in [-0.1, -0.05) is 29.4 Å². The molecule has 0 saturated heterocycles. The van der Waals surface area contributed by atoms with Crippen LogP contribution >= 0.6 is 11.8 Å². The molecule has 0 radical (unpaired) electrons. The monoisotopic (exact) mass is 318 g/mol. The summed E-state index contributed by atoms with van der Waals surface area (Å²) in [5, 5.41) is 6.97. The second-order valence-electron chi connectivity index (χ2n) is 5.44. The first-order valence-corrected chi connectivity index (χ1v) is 8.49. The first-order chi connectivity index (χ1) is 10.5. The van der Waals surface area contributed by atoms with E-state index in [-0.39, 0.29) is 11.9 Å². The van der Waals surface area contributed by atoms with Gasteiger partial charge in [-0.25, -0.2) is 0 Å². The Hall–Kier alpha value is -1.75. The van der Waals surface area contributed by atoms with Gasteiger partial charge in [-0.3, -0.25) is 4.79 Å². The van der Waals surface area contributed by atoms with Gasteiger partial charge in [0.2, 0.25) is 5.91 Å². The second kappa shape index (κ2) is 7.49. The van der Waals surface area contributed by atoms with Gasteiger partial charge in [0.05, 0.1) is 17.5 Å². The lowest BCUT2D eigenvalue weighted by atomic mass is 10.0. The largest absolute Gasteiger partial charge is 0.361 e. The number of benzene rings is 1. The standard InChI is InChI=1S/C17H22N2O2S/c1-11-7-5-6-8-15(11)12(2)18-17(20)10-22-9-16-13(3)19-21-14(16)4/h5-8,12H,9-10H2,1-4H3,(H,18,20). The average Bonchev–Trinajstić information content (AvgIpc) is 2.79. The van der Waals surface area contributed by atoms with Crippen molar-refractivity contribution in [2.45, 2.75) is 39.5 Å². The predicted octanol–water partition coefficient (Wildman–Crippen LogP) is 3.71. The number of carbonyl (C=O) groups excluding carboxylic acids is 1. The Balaban J connectivity index is 1.82. The van der Waals surface area contributed by atoms with Crippen LogP contribution in [0.4, 0.5) is 0 Å². The highest BCUT2D eigenvalue weighted by Gasteiger charge is 2.13. The van der Waals surface area contributed by atoms with Gasteiger partial charge < -0.3 is 9.84 Å². The molecule has 5 heteroatoms. The van der Waals surface area contributed by atoms with Crippen LogP contribution in [0, 0.1) is 20.8 Å². The Morgan fingerprint density at radius 3 is 2.68 bits per heavy atom. The fraction of sp³-hybridized carbons (Fsp3) is 0.412. The third-order valence-electron chi connectivity index (χ3n) is 3.69. The zero-order valence-corrected chi connectivity index (χ0v) is 14.3. The summed E-state index contributed by atoms with van der Waals surface area (Å²) < 4.78 is 5.12. The molecule has 1 amide bonds. The molecule has 2 rings (SSSR count). The molecule has 0 saturated carbocycles. The number of aromatic nitrogens is 1. The van der Waals surface area contributed by atoms with E-state index < -0.39 is 0 Å². The molecule has 1 unspecified atom stereocenters. The number of amides is 1. The highest BCUT2D eigenvalue weighted by molar-refractivity contribution is 7.99. The van der Waals surface area contributed by atoms with E-state index in [1.807, 2.05) is 32.9 Å². The van der Waals surface area contributed by atoms with E-state index >= 15 is 0 Å². The van der Waals surface area contributed by atoms with Crippen LogP contribution in [-0.2, 0) is 10.5 Å². The molecule has 0 bridgehead atoms. The summed E-state index contributed by atoms with van der Waals surface area (Å²) in [6.45, 7) is 7.90. The fourth-order valence-electron chi connectivity index (χ4n) is 2.39. The van der Waals surface area contributed by atoms with Crippen LogP contribution in [0.15, 0.2) is 28.8 Å². The molecule has 0 aliphatic heterocycles. The lowest BCUT2D eigenvalue weighted by Crippen LogP contribution is -2.28. The van der Waals surface area contributed by atoms with Crippen molar-refractivity contribution in [1.82, 2.24) is 10.5 Å². The van der Waals surface area contributed by atoms with Crippen LogP contribution in [0.1, 0.15) is 41.1 Å². The van der Waals surface area contributed by atoms with Gasteiger partial charge in [-0.2, -0.15) is 0 Å². The van der Waals surface area contributed by atoms with Crippen molar-refractivity contribution < 1.29 is 9.32 Å². The van der Waals surface area contributed by atoms with E-state index in [4.69, 9.17) is 4.52 Å². The fourth-order valence-corrected chi connectivity index (χ4v) is 3.37. The molecule has 1 aromatic carbocycles. The zero-order chi connectivity index (χ0) is 16.1. The van der Waals surface area contributed by atoms with Crippen molar-refractivity contribution in [3.63, 3.8) is 0 Å². The molecular weight excluding hydrogens is 296 g/mol. The topological polar surface area (TPSA) is 55.1 Å². The van der Waals surface area contributed by atoms with Crippen molar-refractivity contribution >= 4 is 17.7 Å². The molecule has 118 valence electrons. The highest BCUT2D eigenvalue weighted by atomic mass is 32.2. The molecule has 1 N–H and O–H groups in total. The molecular formula is C17H22N2O2S. The van der Waals surface area contributed by atoms with Gasteiger partial charge in [0.1, 0.15) is 5.76 Å². The van der Waals surface area contributed by atoms with Crippen LogP contribution in [0.25, 0.3) is 0 Å². The molecule has 1 aromatic heterocycles. The van der Waals surface area contributed by atoms with E-state index in [2.05, 4.69) is 29.5 Å². The molecule has 0 aliphatic carbocycles. The van der Waals surface area contributed by atoms with Crippen LogP contribution in [0.5, 0.6) is 0 Å². The number of carbonyl (C=O) groups is 1. The quantitative estimate of drug-likeness (QED) is 0.882. The van der Waals surface area contributed by atoms with Crippen LogP contribution < -0.4 is 5.32 Å². The lowest BCUT2D eigenvalue weighted by molar-refractivity contribution is -0.119. The van der Waals surface area contributed by atoms with Gasteiger partial charge >= 0.3 is 0 Å². The van der Waals surface area contributed by atoms with Gasteiger partial charge in [-0.05, 0) is 38.8 Å². The molecule has 22 heavy (non-hydrogen) atoms. The Morgan fingerprint density at radius 2 is 2.05 bits per heavy atom. The van der Waals surface area contributed by atoms with Crippen molar-refractivity contribution in [3.05, 3.63) is 52.4 Å². The zero-order valence-electron chi connectivity index (χ0n) is 13.5. The van der Waals surface area contributed by atoms with Gasteiger partial charge in [-0.15, -0.1) is 11.8 Å². The van der Waals surface area contributed by atoms with Gasteiger partial charge in [0.25, 0.3) is 0 Å². The summed E-state index contributed by atoms with van der Waals surface area (Å²) in [5.74, 6) is 2.05. The van der Waals surface area contributed by atoms with Crippen molar-refractivity contribution in [1.29, 1.82) is 0 Å². The maximum Gasteiger partial charge on any atom is 0.230 e. The number of nitrogens with zero attached hydrogens (tertiary/aromatic N) is 1. The van der Waals surface area contributed by atoms with Crippen LogP contribution in [0.2, 0.25) is 0 Å². The van der Waals surface area contributed by atoms with Crippen molar-refractivity contribution in [3.8, 4) is 0 Å². The normalized spacial score (nSPS) is 12.2. The number of hydrogen-bond acceptors (Lipinski definition) is 4. The average molecular weight is 318 g/mol. The maximum absolute atomic E-state index is 12.1. The lowest BCUT2D eigenvalue weighted by Gasteiger charge is -2.16. The second-order valence-corrected chi connectivity index (χ2v) is 6.43. The van der Waals surface area contributed by atoms with Gasteiger partial charge in [0, 0.05) is 11.3 Å². The van der Waals surface area contributed by atoms with Crippen molar-refractivity contribution in [2.75, 3.05) is 5.75 Å². The molecule has 0 fully saturated rings. The number of aryl methyl sites for hydroxylation is 3. The minimum absolute atomic E-state index is 0.0216. The van der Waals surface area contributed by atoms with E-state index in [0.717, 1.165) is 28.3 Å². The van der Waals surface area contributed by atoms with E-state index in [9.17, 15) is 4.79 Å². The van der Waals surface area contributed by atoms with E-state index in [1.165, 1.54) is 5.56 Å². The maximum atomic E-state index is 12.1. The van der Waals surface area contributed by atoms with E-state index in [0.29, 0.717) is 5.75 Å². The Morgan fingerprint density at radius 1 is 1.32 bits per heavy atom. The van der Waals surface area contributed by atoms with Crippen molar-refractivity contribution in [2.24, 2.45) is 0 Å². The minimum atomic E-state index is 0.0216. The number of rotatable bonds is 6. The summed E-state index contributed by atoms with van der Waals surface area (Å²) in [7, 11) is 0. The molecule has 4 nitrogen and oxygen atoms in total. The molecule has 2 aromatic rings. The van der Waals surface area contributed by atoms with Crippen LogP contribution in [0.3, 0.4) is 0 Å². The SMILES string of the molecule is Cc1ccccc1C(C)NC(=O)CSCc1c(C)noc1C. The van der Waals surface area contributed by atoms with Crippen LogP contribution in [-0.4, -0.2) is 16.8 Å². The summed E-state index contributed by atoms with van der Waals surface area (Å²) in [4.78, 5) is 12.1. The smallest absolute Gasteiger partial charge is 0.230 e. The summed E-state index contributed by atoms with van der Waals surface area (Å²) in [6, 6.07) is 8.14. The third-order valence-corrected chi connectivity index (χ3v) is 4.65. The molecule has 0 spiro atoms. The Kier molecular flexibility index (Phi) is 5.66. The predicted molar refractivity (Wildman–Crippen MR) is 89.9 cm³/mol. The molecule has 1 atom stereocenters. The molecule has 0 aliphatic rings. The Labute approximate surface area is 135 Å². The first-order valence-electron chi connectivity index (χ1n) is 7.33. The summed E-state index contributed by atoms with van der Waals surface area (Å²) in [5.41, 5.74) is 4.34. The Bertz CT molecular complexity index is 632.